The maximum atomic E-state index is 13.2. The van der Waals surface area contributed by atoms with Crippen molar-refractivity contribution < 1.29 is 23.1 Å². The van der Waals surface area contributed by atoms with Crippen LogP contribution in [0.2, 0.25) is 5.02 Å². The summed E-state index contributed by atoms with van der Waals surface area (Å²) in [6, 6.07) is 3.00. The Morgan fingerprint density at radius 3 is 2.67 bits per heavy atom. The van der Waals surface area contributed by atoms with Crippen molar-refractivity contribution in [3.8, 4) is 6.07 Å². The van der Waals surface area contributed by atoms with Crippen molar-refractivity contribution >= 4 is 34.7 Å². The lowest BCUT2D eigenvalue weighted by atomic mass is 10.1. The summed E-state index contributed by atoms with van der Waals surface area (Å²) in [7, 11) is 0. The van der Waals surface area contributed by atoms with E-state index in [9.17, 15) is 18.4 Å². The zero-order chi connectivity index (χ0) is 17.9. The Kier molecular flexibility index (Phi) is 5.59. The third-order valence-corrected chi connectivity index (χ3v) is 4.25. The molecule has 0 saturated carbocycles. The molecule has 0 bridgehead atoms. The van der Waals surface area contributed by atoms with Crippen LogP contribution in [0.25, 0.3) is 0 Å². The lowest BCUT2D eigenvalue weighted by molar-refractivity contribution is -0.122. The van der Waals surface area contributed by atoms with Crippen molar-refractivity contribution in [3.63, 3.8) is 0 Å². The Bertz CT molecular complexity index is 848. The minimum atomic E-state index is -1.27. The quantitative estimate of drug-likeness (QED) is 0.595. The second kappa shape index (κ2) is 7.47. The molecule has 5 nitrogen and oxygen atoms in total. The van der Waals surface area contributed by atoms with E-state index in [4.69, 9.17) is 21.6 Å². The molecule has 1 heterocycles. The summed E-state index contributed by atoms with van der Waals surface area (Å²) in [4.78, 5) is 27.9. The number of rotatable bonds is 5. The predicted octanol–water partition coefficient (Wildman–Crippen LogP) is 3.42. The Morgan fingerprint density at radius 1 is 1.42 bits per heavy atom. The molecule has 24 heavy (non-hydrogen) atoms. The molecule has 2 rings (SSSR count). The molecule has 0 fully saturated rings. The molecule has 0 unspecified atom stereocenters. The van der Waals surface area contributed by atoms with Gasteiger partial charge in [-0.3, -0.25) is 4.79 Å². The summed E-state index contributed by atoms with van der Waals surface area (Å²) in [5.74, 6) is -5.43. The highest BCUT2D eigenvalue weighted by molar-refractivity contribution is 7.09. The number of carbonyl (C=O) groups excluding carboxylic acids is 2. The van der Waals surface area contributed by atoms with E-state index in [2.05, 4.69) is 4.98 Å². The molecule has 2 aromatic rings. The van der Waals surface area contributed by atoms with Crippen LogP contribution in [0.5, 0.6) is 0 Å². The number of nitrogens with zero attached hydrogens (tertiary/aromatic N) is 2. The number of benzene rings is 1. The number of nitriles is 1. The lowest BCUT2D eigenvalue weighted by Gasteiger charge is -2.08. The van der Waals surface area contributed by atoms with Crippen molar-refractivity contribution in [2.75, 3.05) is 6.61 Å². The van der Waals surface area contributed by atoms with E-state index >= 15 is 0 Å². The van der Waals surface area contributed by atoms with Gasteiger partial charge in [-0.05, 0) is 19.1 Å². The number of halogens is 3. The number of hydrogen-bond acceptors (Lipinski definition) is 6. The standard InChI is InChI=1S/C15H9ClF2N2O3S/c1-7-6-24-14(20-7)9(4-19)13(21)5-23-15(22)8-2-11(17)12(18)3-10(8)16/h2-3,6,9H,5H2,1H3/t9-/m0/s1. The van der Waals surface area contributed by atoms with E-state index < -0.39 is 41.5 Å². The van der Waals surface area contributed by atoms with Crippen molar-refractivity contribution in [2.45, 2.75) is 12.8 Å². The van der Waals surface area contributed by atoms with Gasteiger partial charge in [0.1, 0.15) is 5.01 Å². The maximum Gasteiger partial charge on any atom is 0.340 e. The average molecular weight is 371 g/mol. The monoisotopic (exact) mass is 370 g/mol. The van der Waals surface area contributed by atoms with E-state index in [-0.39, 0.29) is 5.02 Å². The molecule has 1 aromatic heterocycles. The second-order valence-corrected chi connectivity index (χ2v) is 5.97. The SMILES string of the molecule is Cc1csc([C@@H](C#N)C(=O)COC(=O)c2cc(F)c(F)cc2Cl)n1. The minimum Gasteiger partial charge on any atom is -0.454 e. The van der Waals surface area contributed by atoms with E-state index in [1.807, 2.05) is 0 Å². The first-order valence-corrected chi connectivity index (χ1v) is 7.75. The Morgan fingerprint density at radius 2 is 2.08 bits per heavy atom. The number of ether oxygens (including phenoxy) is 1. The number of hydrogen-bond donors (Lipinski definition) is 0. The minimum absolute atomic E-state index is 0.293. The largest absolute Gasteiger partial charge is 0.454 e. The van der Waals surface area contributed by atoms with Crippen LogP contribution in [0.15, 0.2) is 17.5 Å². The van der Waals surface area contributed by atoms with Gasteiger partial charge in [0.05, 0.1) is 16.7 Å². The summed E-state index contributed by atoms with van der Waals surface area (Å²) >= 11 is 6.79. The zero-order valence-electron chi connectivity index (χ0n) is 12.2. The molecule has 1 atom stereocenters. The number of aryl methyl sites for hydroxylation is 1. The van der Waals surface area contributed by atoms with Crippen molar-refractivity contribution in [1.82, 2.24) is 4.98 Å². The third kappa shape index (κ3) is 3.93. The van der Waals surface area contributed by atoms with Crippen LogP contribution < -0.4 is 0 Å². The third-order valence-electron chi connectivity index (χ3n) is 2.91. The summed E-state index contributed by atoms with van der Waals surface area (Å²) < 4.78 is 30.9. The summed E-state index contributed by atoms with van der Waals surface area (Å²) in [5, 5.41) is 10.7. The molecule has 1 aromatic carbocycles. The summed E-state index contributed by atoms with van der Waals surface area (Å²) in [6.45, 7) is 0.995. The summed E-state index contributed by atoms with van der Waals surface area (Å²) in [6.07, 6.45) is 0. The topological polar surface area (TPSA) is 80.0 Å². The van der Waals surface area contributed by atoms with Gasteiger partial charge in [-0.1, -0.05) is 11.6 Å². The van der Waals surface area contributed by atoms with Gasteiger partial charge in [0.25, 0.3) is 0 Å². The van der Waals surface area contributed by atoms with E-state index in [0.717, 1.165) is 11.3 Å². The number of aromatic nitrogens is 1. The van der Waals surface area contributed by atoms with Gasteiger partial charge < -0.3 is 4.74 Å². The first-order chi connectivity index (χ1) is 11.3. The fourth-order valence-electron chi connectivity index (χ4n) is 1.75. The Balaban J connectivity index is 2.07. The van der Waals surface area contributed by atoms with Gasteiger partial charge in [-0.15, -0.1) is 11.3 Å². The zero-order valence-corrected chi connectivity index (χ0v) is 13.8. The van der Waals surface area contributed by atoms with E-state index in [1.165, 1.54) is 0 Å². The van der Waals surface area contributed by atoms with E-state index in [1.54, 1.807) is 18.4 Å². The molecule has 124 valence electrons. The van der Waals surface area contributed by atoms with Crippen LogP contribution >= 0.6 is 22.9 Å². The predicted molar refractivity (Wildman–Crippen MR) is 81.9 cm³/mol. The number of carbonyl (C=O) groups is 2. The van der Waals surface area contributed by atoms with Gasteiger partial charge in [-0.25, -0.2) is 18.6 Å². The number of esters is 1. The Hall–Kier alpha value is -2.37. The normalized spacial score (nSPS) is 11.6. The highest BCUT2D eigenvalue weighted by Crippen LogP contribution is 2.23. The second-order valence-electron chi connectivity index (χ2n) is 4.68. The van der Waals surface area contributed by atoms with Gasteiger partial charge in [0, 0.05) is 11.1 Å². The molecule has 0 aliphatic carbocycles. The molecular weight excluding hydrogens is 362 g/mol. The van der Waals surface area contributed by atoms with Crippen LogP contribution in [0.4, 0.5) is 8.78 Å². The average Bonchev–Trinajstić information content (AvgIpc) is 2.95. The van der Waals surface area contributed by atoms with Gasteiger partial charge in [0.15, 0.2) is 29.9 Å². The molecule has 0 amide bonds. The molecule has 0 radical (unpaired) electrons. The fourth-order valence-corrected chi connectivity index (χ4v) is 2.83. The molecule has 0 N–H and O–H groups in total. The van der Waals surface area contributed by atoms with Crippen molar-refractivity contribution in [1.29, 1.82) is 5.26 Å². The first-order valence-electron chi connectivity index (χ1n) is 6.49. The molecule has 0 aliphatic rings. The maximum absolute atomic E-state index is 13.2. The molecule has 0 spiro atoms. The first kappa shape index (κ1) is 18.0. The molecular formula is C15H9ClF2N2O3S. The van der Waals surface area contributed by atoms with Crippen LogP contribution in [-0.2, 0) is 9.53 Å². The van der Waals surface area contributed by atoms with Gasteiger partial charge in [-0.2, -0.15) is 5.26 Å². The van der Waals surface area contributed by atoms with Gasteiger partial charge >= 0.3 is 5.97 Å². The highest BCUT2D eigenvalue weighted by atomic mass is 35.5. The number of Topliss-reactive ketones (excluding diaryl/α,β-unsaturated/α-hetero) is 1. The van der Waals surface area contributed by atoms with Crippen molar-refractivity contribution in [3.05, 3.63) is 50.4 Å². The fraction of sp³-hybridized carbons (Fsp3) is 0.200. The molecule has 0 aliphatic heterocycles. The number of ketones is 1. The van der Waals surface area contributed by atoms with Crippen LogP contribution in [-0.4, -0.2) is 23.3 Å². The van der Waals surface area contributed by atoms with Crippen molar-refractivity contribution in [2.24, 2.45) is 0 Å². The highest BCUT2D eigenvalue weighted by Gasteiger charge is 2.25. The van der Waals surface area contributed by atoms with Crippen LogP contribution in [0.3, 0.4) is 0 Å². The Labute approximate surface area is 144 Å². The smallest absolute Gasteiger partial charge is 0.340 e. The molecule has 9 heteroatoms. The molecule has 0 saturated heterocycles. The summed E-state index contributed by atoms with van der Waals surface area (Å²) in [5.41, 5.74) is 0.246. The van der Waals surface area contributed by atoms with Crippen LogP contribution in [0, 0.1) is 29.9 Å². The van der Waals surface area contributed by atoms with Crippen LogP contribution in [0.1, 0.15) is 27.0 Å². The van der Waals surface area contributed by atoms with E-state index in [0.29, 0.717) is 22.8 Å². The van der Waals surface area contributed by atoms with Gasteiger partial charge in [0.2, 0.25) is 0 Å². The number of thiazole rings is 1. The lowest BCUT2D eigenvalue weighted by Crippen LogP contribution is -2.20.